The molecule has 1 aliphatic rings. The van der Waals surface area contributed by atoms with Gasteiger partial charge in [-0.15, -0.1) is 0 Å². The zero-order chi connectivity index (χ0) is 12.3. The number of amides is 1. The maximum Gasteiger partial charge on any atom is 0.223 e. The zero-order valence-corrected chi connectivity index (χ0v) is 10.4. The van der Waals surface area contributed by atoms with Crippen LogP contribution >= 0.6 is 0 Å². The molecule has 0 spiro atoms. The summed E-state index contributed by atoms with van der Waals surface area (Å²) in [5, 5.41) is 3.25. The molecule has 1 amide bonds. The number of anilines is 1. The molecule has 1 atom stereocenters. The van der Waals surface area contributed by atoms with E-state index in [0.717, 1.165) is 24.5 Å². The fraction of sp³-hybridized carbons (Fsp3) is 0.538. The molecule has 0 bridgehead atoms. The Hall–Kier alpha value is -1.58. The van der Waals surface area contributed by atoms with Crippen LogP contribution in [0.2, 0.25) is 0 Å². The third-order valence-electron chi connectivity index (χ3n) is 2.96. The van der Waals surface area contributed by atoms with Gasteiger partial charge in [0.1, 0.15) is 0 Å². The fourth-order valence-electron chi connectivity index (χ4n) is 2.20. The molecule has 0 aromatic carbocycles. The molecule has 1 fully saturated rings. The Labute approximate surface area is 102 Å². The van der Waals surface area contributed by atoms with E-state index in [9.17, 15) is 4.79 Å². The molecule has 4 nitrogen and oxygen atoms in total. The van der Waals surface area contributed by atoms with E-state index in [2.05, 4.69) is 24.1 Å². The van der Waals surface area contributed by atoms with Crippen LogP contribution in [0.1, 0.15) is 26.0 Å². The van der Waals surface area contributed by atoms with Gasteiger partial charge in [-0.1, -0.05) is 6.92 Å². The minimum absolute atomic E-state index is 0.244. The number of rotatable bonds is 4. The second-order valence-corrected chi connectivity index (χ2v) is 4.65. The maximum atomic E-state index is 11.7. The number of nitrogens with zero attached hydrogens (tertiary/aromatic N) is 2. The summed E-state index contributed by atoms with van der Waals surface area (Å²) in [6.45, 7) is 6.55. The fourth-order valence-corrected chi connectivity index (χ4v) is 2.20. The summed E-state index contributed by atoms with van der Waals surface area (Å²) in [7, 11) is 0. The first kappa shape index (κ1) is 11.9. The predicted octanol–water partition coefficient (Wildman–Crippen LogP) is 1.88. The number of carbonyl (C=O) groups excluding carboxylic acids is 1. The molecule has 4 heteroatoms. The summed E-state index contributed by atoms with van der Waals surface area (Å²) in [6.07, 6.45) is 2.46. The third kappa shape index (κ3) is 2.96. The molecule has 92 valence electrons. The summed E-state index contributed by atoms with van der Waals surface area (Å²) in [6, 6.07) is 3.96. The Balaban J connectivity index is 2.03. The van der Waals surface area contributed by atoms with E-state index in [1.54, 1.807) is 6.20 Å². The van der Waals surface area contributed by atoms with Crippen molar-refractivity contribution in [1.82, 2.24) is 9.88 Å². The van der Waals surface area contributed by atoms with Crippen molar-refractivity contribution in [2.45, 2.75) is 26.8 Å². The second-order valence-electron chi connectivity index (χ2n) is 4.65. The van der Waals surface area contributed by atoms with Gasteiger partial charge in [0.15, 0.2) is 0 Å². The van der Waals surface area contributed by atoms with Crippen LogP contribution in [0.3, 0.4) is 0 Å². The van der Waals surface area contributed by atoms with Gasteiger partial charge in [-0.05, 0) is 25.0 Å². The molecule has 2 heterocycles. The number of aromatic nitrogens is 1. The molecule has 1 N–H and O–H groups in total. The first-order chi connectivity index (χ1) is 8.19. The van der Waals surface area contributed by atoms with E-state index >= 15 is 0 Å². The number of carbonyl (C=O) groups is 1. The highest BCUT2D eigenvalue weighted by atomic mass is 16.2. The average Bonchev–Trinajstić information content (AvgIpc) is 2.58. The van der Waals surface area contributed by atoms with Crippen LogP contribution in [0.15, 0.2) is 18.3 Å². The Morgan fingerprint density at radius 1 is 1.59 bits per heavy atom. The van der Waals surface area contributed by atoms with Crippen molar-refractivity contribution in [2.75, 3.05) is 18.4 Å². The van der Waals surface area contributed by atoms with Gasteiger partial charge in [0, 0.05) is 31.4 Å². The molecular formula is C13H19N3O. The minimum atomic E-state index is 0.244. The first-order valence-corrected chi connectivity index (χ1v) is 6.15. The van der Waals surface area contributed by atoms with E-state index in [1.165, 1.54) is 0 Å². The van der Waals surface area contributed by atoms with E-state index in [0.29, 0.717) is 18.9 Å². The van der Waals surface area contributed by atoms with Gasteiger partial charge >= 0.3 is 0 Å². The zero-order valence-electron chi connectivity index (χ0n) is 10.4. The monoisotopic (exact) mass is 233 g/mol. The Bertz CT molecular complexity index is 405. The molecule has 1 saturated heterocycles. The van der Waals surface area contributed by atoms with Crippen molar-refractivity contribution in [1.29, 1.82) is 0 Å². The van der Waals surface area contributed by atoms with Gasteiger partial charge < -0.3 is 10.2 Å². The Morgan fingerprint density at radius 3 is 3.06 bits per heavy atom. The van der Waals surface area contributed by atoms with Crippen LogP contribution in [-0.2, 0) is 11.3 Å². The van der Waals surface area contributed by atoms with Crippen molar-refractivity contribution in [2.24, 2.45) is 5.92 Å². The van der Waals surface area contributed by atoms with E-state index in [4.69, 9.17) is 0 Å². The molecule has 0 saturated carbocycles. The second kappa shape index (κ2) is 5.17. The Kier molecular flexibility index (Phi) is 3.61. The van der Waals surface area contributed by atoms with Gasteiger partial charge in [-0.3, -0.25) is 9.78 Å². The number of likely N-dealkylation sites (tertiary alicyclic amines) is 1. The molecule has 1 aliphatic heterocycles. The van der Waals surface area contributed by atoms with Gasteiger partial charge in [0.2, 0.25) is 5.91 Å². The maximum absolute atomic E-state index is 11.7. The van der Waals surface area contributed by atoms with Crippen LogP contribution in [0.25, 0.3) is 0 Å². The molecule has 0 radical (unpaired) electrons. The first-order valence-electron chi connectivity index (χ1n) is 6.15. The van der Waals surface area contributed by atoms with Crippen LogP contribution in [-0.4, -0.2) is 28.9 Å². The largest absolute Gasteiger partial charge is 0.385 e. The van der Waals surface area contributed by atoms with Gasteiger partial charge in [0.05, 0.1) is 12.2 Å². The van der Waals surface area contributed by atoms with Crippen molar-refractivity contribution < 1.29 is 4.79 Å². The topological polar surface area (TPSA) is 45.2 Å². The summed E-state index contributed by atoms with van der Waals surface area (Å²) < 4.78 is 0. The summed E-state index contributed by atoms with van der Waals surface area (Å²) in [5.74, 6) is 0.715. The van der Waals surface area contributed by atoms with Crippen molar-refractivity contribution in [3.8, 4) is 0 Å². The summed E-state index contributed by atoms with van der Waals surface area (Å²) in [5.41, 5.74) is 2.02. The van der Waals surface area contributed by atoms with E-state index in [1.807, 2.05) is 17.0 Å². The highest BCUT2D eigenvalue weighted by molar-refractivity contribution is 5.78. The number of pyridine rings is 1. The number of nitrogens with one attached hydrogen (secondary N) is 1. The van der Waals surface area contributed by atoms with Crippen LogP contribution < -0.4 is 5.32 Å². The van der Waals surface area contributed by atoms with Gasteiger partial charge in [-0.25, -0.2) is 0 Å². The number of hydrogen-bond acceptors (Lipinski definition) is 3. The van der Waals surface area contributed by atoms with Crippen LogP contribution in [0.5, 0.6) is 0 Å². The lowest BCUT2D eigenvalue weighted by atomic mass is 10.2. The lowest BCUT2D eigenvalue weighted by molar-refractivity contribution is -0.128. The SMILES string of the molecule is CCNc1ccnc(CN2CC(C)CC2=O)c1. The molecule has 0 aliphatic carbocycles. The molecule has 2 rings (SSSR count). The van der Waals surface area contributed by atoms with Crippen molar-refractivity contribution in [3.05, 3.63) is 24.0 Å². The van der Waals surface area contributed by atoms with Gasteiger partial charge in [-0.2, -0.15) is 0 Å². The summed E-state index contributed by atoms with van der Waals surface area (Å²) >= 11 is 0. The van der Waals surface area contributed by atoms with E-state index in [-0.39, 0.29) is 5.91 Å². The van der Waals surface area contributed by atoms with Crippen molar-refractivity contribution in [3.63, 3.8) is 0 Å². The lowest BCUT2D eigenvalue weighted by Crippen LogP contribution is -2.24. The summed E-state index contributed by atoms with van der Waals surface area (Å²) in [4.78, 5) is 17.9. The normalized spacial score (nSPS) is 19.8. The quantitative estimate of drug-likeness (QED) is 0.863. The van der Waals surface area contributed by atoms with E-state index < -0.39 is 0 Å². The molecule has 1 aromatic rings. The highest BCUT2D eigenvalue weighted by Gasteiger charge is 2.26. The standard InChI is InChI=1S/C13H19N3O/c1-3-14-11-4-5-15-12(7-11)9-16-8-10(2)6-13(16)17/h4-5,7,10H,3,6,8-9H2,1-2H3,(H,14,15). The highest BCUT2D eigenvalue weighted by Crippen LogP contribution is 2.19. The minimum Gasteiger partial charge on any atom is -0.385 e. The molecule has 1 unspecified atom stereocenters. The molecule has 17 heavy (non-hydrogen) atoms. The Morgan fingerprint density at radius 2 is 2.41 bits per heavy atom. The van der Waals surface area contributed by atoms with Crippen LogP contribution in [0, 0.1) is 5.92 Å². The number of hydrogen-bond donors (Lipinski definition) is 1. The molecule has 1 aromatic heterocycles. The third-order valence-corrected chi connectivity index (χ3v) is 2.96. The van der Waals surface area contributed by atoms with Gasteiger partial charge in [0.25, 0.3) is 0 Å². The average molecular weight is 233 g/mol. The smallest absolute Gasteiger partial charge is 0.223 e. The predicted molar refractivity (Wildman–Crippen MR) is 67.6 cm³/mol. The van der Waals surface area contributed by atoms with Crippen LogP contribution in [0.4, 0.5) is 5.69 Å². The molecular weight excluding hydrogens is 214 g/mol. The van der Waals surface area contributed by atoms with Crippen molar-refractivity contribution >= 4 is 11.6 Å². The lowest BCUT2D eigenvalue weighted by Gasteiger charge is -2.16.